The molecular weight excluding hydrogens is 276 g/mol. The Morgan fingerprint density at radius 1 is 1.20 bits per heavy atom. The van der Waals surface area contributed by atoms with Crippen LogP contribution in [0.5, 0.6) is 0 Å². The number of nitrogen functional groups attached to an aromatic ring is 1. The zero-order valence-electron chi connectivity index (χ0n) is 10.4. The van der Waals surface area contributed by atoms with Crippen molar-refractivity contribution in [3.8, 4) is 6.07 Å². The first-order valence-electron chi connectivity index (χ1n) is 5.72. The summed E-state index contributed by atoms with van der Waals surface area (Å²) in [6.45, 7) is 0. The van der Waals surface area contributed by atoms with Gasteiger partial charge in [-0.15, -0.1) is 0 Å². The summed E-state index contributed by atoms with van der Waals surface area (Å²) in [5, 5.41) is 14.3. The summed E-state index contributed by atoms with van der Waals surface area (Å²) in [5.41, 5.74) is 7.43. The number of urea groups is 1. The lowest BCUT2D eigenvalue weighted by Crippen LogP contribution is -2.20. The number of nitrogens with one attached hydrogen (secondary N) is 2. The zero-order valence-corrected chi connectivity index (χ0v) is 11.1. The molecular formula is C14H11ClN4O. The highest BCUT2D eigenvalue weighted by atomic mass is 35.5. The number of carbonyl (C=O) groups excluding carboxylic acids is 1. The molecule has 0 unspecified atom stereocenters. The van der Waals surface area contributed by atoms with Crippen LogP contribution in [0, 0.1) is 11.3 Å². The molecule has 0 aliphatic rings. The van der Waals surface area contributed by atoms with Crippen LogP contribution < -0.4 is 16.4 Å². The molecule has 0 aliphatic carbocycles. The average molecular weight is 287 g/mol. The molecule has 2 aromatic rings. The fraction of sp³-hybridized carbons (Fsp3) is 0. The van der Waals surface area contributed by atoms with Crippen LogP contribution in [0.25, 0.3) is 0 Å². The largest absolute Gasteiger partial charge is 0.397 e. The topological polar surface area (TPSA) is 90.9 Å². The quantitative estimate of drug-likeness (QED) is 0.739. The standard InChI is InChI=1S/C14H11ClN4O/c15-11-5-2-6-12(17)13(11)19-14(20)18-10-4-1-3-9(7-10)8-16/h1-7H,17H2,(H2,18,19,20). The summed E-state index contributed by atoms with van der Waals surface area (Å²) in [6.07, 6.45) is 0. The second-order valence-corrected chi connectivity index (χ2v) is 4.38. The zero-order chi connectivity index (χ0) is 14.5. The molecule has 0 radical (unpaired) electrons. The van der Waals surface area contributed by atoms with Gasteiger partial charge in [-0.1, -0.05) is 23.7 Å². The molecule has 0 fully saturated rings. The highest BCUT2D eigenvalue weighted by Crippen LogP contribution is 2.27. The van der Waals surface area contributed by atoms with Gasteiger partial charge < -0.3 is 16.4 Å². The minimum atomic E-state index is -0.486. The number of rotatable bonds is 2. The number of hydrogen-bond donors (Lipinski definition) is 3. The molecule has 100 valence electrons. The van der Waals surface area contributed by atoms with E-state index in [-0.39, 0.29) is 0 Å². The summed E-state index contributed by atoms with van der Waals surface area (Å²) in [4.78, 5) is 11.9. The smallest absolute Gasteiger partial charge is 0.323 e. The van der Waals surface area contributed by atoms with Gasteiger partial charge in [-0.2, -0.15) is 5.26 Å². The Morgan fingerprint density at radius 2 is 1.95 bits per heavy atom. The number of nitrogens with zero attached hydrogens (tertiary/aromatic N) is 1. The third kappa shape index (κ3) is 3.19. The molecule has 4 N–H and O–H groups in total. The van der Waals surface area contributed by atoms with Crippen molar-refractivity contribution >= 4 is 34.7 Å². The molecule has 0 saturated heterocycles. The molecule has 2 aromatic carbocycles. The maximum absolute atomic E-state index is 11.9. The maximum atomic E-state index is 11.9. The van der Waals surface area contributed by atoms with Gasteiger partial charge in [0.05, 0.1) is 28.0 Å². The third-order valence-electron chi connectivity index (χ3n) is 2.53. The Hall–Kier alpha value is -2.71. The van der Waals surface area contributed by atoms with E-state index in [0.29, 0.717) is 27.6 Å². The number of anilines is 3. The first-order chi connectivity index (χ1) is 9.60. The van der Waals surface area contributed by atoms with Gasteiger partial charge >= 0.3 is 6.03 Å². The molecule has 0 atom stereocenters. The lowest BCUT2D eigenvalue weighted by Gasteiger charge is -2.11. The van der Waals surface area contributed by atoms with Gasteiger partial charge in [-0.3, -0.25) is 0 Å². The Balaban J connectivity index is 2.11. The van der Waals surface area contributed by atoms with E-state index in [1.165, 1.54) is 0 Å². The van der Waals surface area contributed by atoms with Crippen LogP contribution >= 0.6 is 11.6 Å². The highest BCUT2D eigenvalue weighted by Gasteiger charge is 2.09. The first kappa shape index (κ1) is 13.7. The van der Waals surface area contributed by atoms with Crippen molar-refractivity contribution in [2.24, 2.45) is 0 Å². The van der Waals surface area contributed by atoms with Crippen molar-refractivity contribution in [2.45, 2.75) is 0 Å². The van der Waals surface area contributed by atoms with Gasteiger partial charge in [0.2, 0.25) is 0 Å². The number of benzene rings is 2. The number of para-hydroxylation sites is 1. The molecule has 0 bridgehead atoms. The van der Waals surface area contributed by atoms with E-state index in [1.807, 2.05) is 6.07 Å². The second kappa shape index (κ2) is 5.95. The van der Waals surface area contributed by atoms with Gasteiger partial charge in [0.15, 0.2) is 0 Å². The highest BCUT2D eigenvalue weighted by molar-refractivity contribution is 6.34. The first-order valence-corrected chi connectivity index (χ1v) is 6.10. The number of hydrogen-bond acceptors (Lipinski definition) is 3. The Labute approximate surface area is 121 Å². The molecule has 0 aliphatic heterocycles. The van der Waals surface area contributed by atoms with Gasteiger partial charge in [0.25, 0.3) is 0 Å². The molecule has 0 heterocycles. The normalized spacial score (nSPS) is 9.60. The van der Waals surface area contributed by atoms with Crippen LogP contribution in [0.15, 0.2) is 42.5 Å². The monoisotopic (exact) mass is 286 g/mol. The van der Waals surface area contributed by atoms with E-state index < -0.39 is 6.03 Å². The third-order valence-corrected chi connectivity index (χ3v) is 2.85. The van der Waals surface area contributed by atoms with Gasteiger partial charge in [0, 0.05) is 5.69 Å². The Morgan fingerprint density at radius 3 is 2.65 bits per heavy atom. The molecule has 0 saturated carbocycles. The molecule has 0 aromatic heterocycles. The maximum Gasteiger partial charge on any atom is 0.323 e. The van der Waals surface area contributed by atoms with E-state index in [2.05, 4.69) is 10.6 Å². The number of carbonyl (C=O) groups is 1. The van der Waals surface area contributed by atoms with E-state index in [0.717, 1.165) is 0 Å². The van der Waals surface area contributed by atoms with E-state index >= 15 is 0 Å². The molecule has 20 heavy (non-hydrogen) atoms. The molecule has 0 spiro atoms. The van der Waals surface area contributed by atoms with Gasteiger partial charge in [-0.05, 0) is 30.3 Å². The second-order valence-electron chi connectivity index (χ2n) is 3.98. The lowest BCUT2D eigenvalue weighted by molar-refractivity contribution is 0.262. The van der Waals surface area contributed by atoms with Crippen molar-refractivity contribution in [1.29, 1.82) is 5.26 Å². The number of nitrogens with two attached hydrogens (primary N) is 1. The van der Waals surface area contributed by atoms with E-state index in [1.54, 1.807) is 42.5 Å². The molecule has 2 amide bonds. The summed E-state index contributed by atoms with van der Waals surface area (Å²) in [6, 6.07) is 13.0. The number of nitriles is 1. The van der Waals surface area contributed by atoms with Crippen LogP contribution in [0.1, 0.15) is 5.56 Å². The fourth-order valence-electron chi connectivity index (χ4n) is 1.62. The predicted molar refractivity (Wildman–Crippen MR) is 79.7 cm³/mol. The Kier molecular flexibility index (Phi) is 4.08. The Bertz CT molecular complexity index is 674. The minimum Gasteiger partial charge on any atom is -0.397 e. The van der Waals surface area contributed by atoms with Crippen molar-refractivity contribution in [1.82, 2.24) is 0 Å². The van der Waals surface area contributed by atoms with Crippen molar-refractivity contribution in [2.75, 3.05) is 16.4 Å². The summed E-state index contributed by atoms with van der Waals surface area (Å²) >= 11 is 5.96. The average Bonchev–Trinajstić information content (AvgIpc) is 2.43. The van der Waals surface area contributed by atoms with Crippen LogP contribution in [0.2, 0.25) is 5.02 Å². The van der Waals surface area contributed by atoms with E-state index in [4.69, 9.17) is 22.6 Å². The van der Waals surface area contributed by atoms with Gasteiger partial charge in [0.1, 0.15) is 0 Å². The number of halogens is 1. The fourth-order valence-corrected chi connectivity index (χ4v) is 1.84. The lowest BCUT2D eigenvalue weighted by atomic mass is 10.2. The summed E-state index contributed by atoms with van der Waals surface area (Å²) in [7, 11) is 0. The van der Waals surface area contributed by atoms with E-state index in [9.17, 15) is 4.79 Å². The SMILES string of the molecule is N#Cc1cccc(NC(=O)Nc2c(N)cccc2Cl)c1. The van der Waals surface area contributed by atoms with Crippen LogP contribution in [0.3, 0.4) is 0 Å². The summed E-state index contributed by atoms with van der Waals surface area (Å²) < 4.78 is 0. The minimum absolute atomic E-state index is 0.350. The van der Waals surface area contributed by atoms with Crippen LogP contribution in [0.4, 0.5) is 21.9 Å². The van der Waals surface area contributed by atoms with Crippen molar-refractivity contribution in [3.05, 3.63) is 53.1 Å². The van der Waals surface area contributed by atoms with Crippen molar-refractivity contribution < 1.29 is 4.79 Å². The predicted octanol–water partition coefficient (Wildman–Crippen LogP) is 3.44. The molecule has 5 nitrogen and oxygen atoms in total. The van der Waals surface area contributed by atoms with Crippen LogP contribution in [-0.4, -0.2) is 6.03 Å². The van der Waals surface area contributed by atoms with Gasteiger partial charge in [-0.25, -0.2) is 4.79 Å². The molecule has 6 heteroatoms. The molecule has 2 rings (SSSR count). The van der Waals surface area contributed by atoms with Crippen LogP contribution in [-0.2, 0) is 0 Å². The summed E-state index contributed by atoms with van der Waals surface area (Å²) in [5.74, 6) is 0. The number of amides is 2. The van der Waals surface area contributed by atoms with Crippen molar-refractivity contribution in [3.63, 3.8) is 0 Å².